The van der Waals surface area contributed by atoms with Crippen LogP contribution in [-0.4, -0.2) is 10.8 Å². The summed E-state index contributed by atoms with van der Waals surface area (Å²) >= 11 is 0. The molecule has 1 heterocycles. The second kappa shape index (κ2) is 2.69. The largest absolute Gasteiger partial charge is 0.349 e. The SMILES string of the molecule is Cc1ccc2c3c([nH]c2c1F)C(=O)CC3. The summed E-state index contributed by atoms with van der Waals surface area (Å²) in [5.74, 6) is -0.145. The van der Waals surface area contributed by atoms with E-state index in [0.29, 0.717) is 23.2 Å². The zero-order valence-corrected chi connectivity index (χ0v) is 8.36. The van der Waals surface area contributed by atoms with E-state index in [1.165, 1.54) is 0 Å². The summed E-state index contributed by atoms with van der Waals surface area (Å²) < 4.78 is 13.7. The molecule has 0 saturated heterocycles. The third kappa shape index (κ3) is 1.00. The number of H-pyrrole nitrogens is 1. The van der Waals surface area contributed by atoms with E-state index in [-0.39, 0.29) is 11.6 Å². The molecule has 2 nitrogen and oxygen atoms in total. The number of carbonyl (C=O) groups excluding carboxylic acids is 1. The van der Waals surface area contributed by atoms with Crippen LogP contribution < -0.4 is 0 Å². The molecule has 0 unspecified atom stereocenters. The Morgan fingerprint density at radius 1 is 1.33 bits per heavy atom. The molecule has 1 aliphatic carbocycles. The smallest absolute Gasteiger partial charge is 0.179 e. The van der Waals surface area contributed by atoms with Gasteiger partial charge < -0.3 is 4.98 Å². The molecule has 15 heavy (non-hydrogen) atoms. The molecule has 1 aromatic carbocycles. The molecule has 1 N–H and O–H groups in total. The van der Waals surface area contributed by atoms with Crippen LogP contribution in [0.3, 0.4) is 0 Å². The Balaban J connectivity index is 2.44. The first-order valence-electron chi connectivity index (χ1n) is 5.01. The van der Waals surface area contributed by atoms with E-state index in [4.69, 9.17) is 0 Å². The highest BCUT2D eigenvalue weighted by molar-refractivity contribution is 6.05. The van der Waals surface area contributed by atoms with Crippen molar-refractivity contribution in [3.8, 4) is 0 Å². The Morgan fingerprint density at radius 2 is 2.13 bits per heavy atom. The second-order valence-corrected chi connectivity index (χ2v) is 4.02. The fraction of sp³-hybridized carbons (Fsp3) is 0.250. The van der Waals surface area contributed by atoms with Crippen LogP contribution in [0.15, 0.2) is 12.1 Å². The van der Waals surface area contributed by atoms with E-state index in [1.807, 2.05) is 6.07 Å². The number of carbonyl (C=O) groups is 1. The molecule has 0 atom stereocenters. The molecule has 76 valence electrons. The Bertz CT molecular complexity index is 583. The van der Waals surface area contributed by atoms with Crippen LogP contribution >= 0.6 is 0 Å². The van der Waals surface area contributed by atoms with Crippen molar-refractivity contribution in [2.24, 2.45) is 0 Å². The third-order valence-electron chi connectivity index (χ3n) is 3.09. The van der Waals surface area contributed by atoms with Crippen LogP contribution in [0, 0.1) is 12.7 Å². The molecule has 0 fully saturated rings. The van der Waals surface area contributed by atoms with Crippen LogP contribution in [-0.2, 0) is 6.42 Å². The molecule has 0 saturated carbocycles. The Kier molecular flexibility index (Phi) is 1.55. The number of hydrogen-bond acceptors (Lipinski definition) is 1. The van der Waals surface area contributed by atoms with E-state index in [2.05, 4.69) is 4.98 Å². The minimum Gasteiger partial charge on any atom is -0.349 e. The first-order chi connectivity index (χ1) is 7.18. The highest BCUT2D eigenvalue weighted by atomic mass is 19.1. The molecule has 0 amide bonds. The number of nitrogens with one attached hydrogen (secondary N) is 1. The molecule has 0 bridgehead atoms. The predicted molar refractivity (Wildman–Crippen MR) is 55.6 cm³/mol. The average molecular weight is 203 g/mol. The van der Waals surface area contributed by atoms with Crippen molar-refractivity contribution in [1.82, 2.24) is 4.98 Å². The van der Waals surface area contributed by atoms with Gasteiger partial charge in [-0.15, -0.1) is 0 Å². The van der Waals surface area contributed by atoms with Gasteiger partial charge in [0.2, 0.25) is 0 Å². The fourth-order valence-electron chi connectivity index (χ4n) is 2.25. The van der Waals surface area contributed by atoms with Crippen LogP contribution in [0.1, 0.15) is 28.0 Å². The number of aromatic nitrogens is 1. The number of aromatic amines is 1. The molecule has 3 heteroatoms. The van der Waals surface area contributed by atoms with Crippen molar-refractivity contribution in [3.63, 3.8) is 0 Å². The number of aryl methyl sites for hydroxylation is 2. The lowest BCUT2D eigenvalue weighted by Crippen LogP contribution is -1.92. The van der Waals surface area contributed by atoms with Crippen LogP contribution in [0.5, 0.6) is 0 Å². The normalized spacial score (nSPS) is 14.9. The summed E-state index contributed by atoms with van der Waals surface area (Å²) in [6.45, 7) is 1.72. The number of Topliss-reactive ketones (excluding diaryl/α,β-unsaturated/α-hetero) is 1. The molecular weight excluding hydrogens is 193 g/mol. The van der Waals surface area contributed by atoms with Gasteiger partial charge in [0.05, 0.1) is 11.2 Å². The van der Waals surface area contributed by atoms with Gasteiger partial charge in [-0.1, -0.05) is 12.1 Å². The maximum absolute atomic E-state index is 13.7. The number of benzene rings is 1. The lowest BCUT2D eigenvalue weighted by molar-refractivity contribution is 0.0990. The molecule has 0 radical (unpaired) electrons. The van der Waals surface area contributed by atoms with Crippen LogP contribution in [0.25, 0.3) is 10.9 Å². The van der Waals surface area contributed by atoms with Gasteiger partial charge >= 0.3 is 0 Å². The van der Waals surface area contributed by atoms with Gasteiger partial charge in [-0.05, 0) is 24.5 Å². The van der Waals surface area contributed by atoms with E-state index in [0.717, 1.165) is 17.4 Å². The number of ketones is 1. The number of hydrogen-bond donors (Lipinski definition) is 1. The van der Waals surface area contributed by atoms with Gasteiger partial charge in [-0.3, -0.25) is 4.79 Å². The molecule has 1 aliphatic rings. The van der Waals surface area contributed by atoms with Gasteiger partial charge in [-0.2, -0.15) is 0 Å². The summed E-state index contributed by atoms with van der Waals surface area (Å²) in [6, 6.07) is 3.65. The standard InChI is InChI=1S/C12H10FNO/c1-6-2-3-8-7-4-5-9(15)11(7)14-12(8)10(6)13/h2-3,14H,4-5H2,1H3. The quantitative estimate of drug-likeness (QED) is 0.701. The molecule has 0 aliphatic heterocycles. The summed E-state index contributed by atoms with van der Waals surface area (Å²) in [6.07, 6.45) is 1.28. The van der Waals surface area contributed by atoms with E-state index >= 15 is 0 Å². The Hall–Kier alpha value is -1.64. The van der Waals surface area contributed by atoms with Gasteiger partial charge in [0.15, 0.2) is 5.78 Å². The molecule has 2 aromatic rings. The number of rotatable bonds is 0. The summed E-state index contributed by atoms with van der Waals surface area (Å²) in [5, 5.41) is 0.860. The summed E-state index contributed by atoms with van der Waals surface area (Å²) in [4.78, 5) is 14.4. The van der Waals surface area contributed by atoms with Gasteiger partial charge in [-0.25, -0.2) is 4.39 Å². The second-order valence-electron chi connectivity index (χ2n) is 4.02. The average Bonchev–Trinajstić information content (AvgIpc) is 2.74. The predicted octanol–water partition coefficient (Wildman–Crippen LogP) is 2.74. The Labute approximate surface area is 86.1 Å². The lowest BCUT2D eigenvalue weighted by atomic mass is 10.1. The molecular formula is C12H10FNO. The highest BCUT2D eigenvalue weighted by Gasteiger charge is 2.25. The van der Waals surface area contributed by atoms with E-state index < -0.39 is 0 Å². The molecule has 0 spiro atoms. The topological polar surface area (TPSA) is 32.9 Å². The summed E-state index contributed by atoms with van der Waals surface area (Å²) in [5.41, 5.74) is 2.67. The van der Waals surface area contributed by atoms with Gasteiger partial charge in [0.25, 0.3) is 0 Å². The minimum absolute atomic E-state index is 0.0956. The first kappa shape index (κ1) is 8.65. The minimum atomic E-state index is -0.241. The van der Waals surface area contributed by atoms with Crippen molar-refractivity contribution >= 4 is 16.7 Å². The van der Waals surface area contributed by atoms with Gasteiger partial charge in [0.1, 0.15) is 5.82 Å². The summed E-state index contributed by atoms with van der Waals surface area (Å²) in [7, 11) is 0. The maximum atomic E-state index is 13.7. The van der Waals surface area contributed by atoms with Crippen molar-refractivity contribution in [2.75, 3.05) is 0 Å². The molecule has 1 aromatic heterocycles. The maximum Gasteiger partial charge on any atom is 0.179 e. The molecule has 3 rings (SSSR count). The van der Waals surface area contributed by atoms with Crippen molar-refractivity contribution in [2.45, 2.75) is 19.8 Å². The van der Waals surface area contributed by atoms with E-state index in [9.17, 15) is 9.18 Å². The zero-order valence-electron chi connectivity index (χ0n) is 8.36. The first-order valence-corrected chi connectivity index (χ1v) is 5.01. The number of fused-ring (bicyclic) bond motifs is 3. The van der Waals surface area contributed by atoms with E-state index in [1.54, 1.807) is 13.0 Å². The van der Waals surface area contributed by atoms with Crippen LogP contribution in [0.2, 0.25) is 0 Å². The monoisotopic (exact) mass is 203 g/mol. The zero-order chi connectivity index (χ0) is 10.6. The van der Waals surface area contributed by atoms with Crippen molar-refractivity contribution in [1.29, 1.82) is 0 Å². The number of halogens is 1. The van der Waals surface area contributed by atoms with Crippen molar-refractivity contribution in [3.05, 3.63) is 34.8 Å². The highest BCUT2D eigenvalue weighted by Crippen LogP contribution is 2.31. The Morgan fingerprint density at radius 3 is 2.93 bits per heavy atom. The van der Waals surface area contributed by atoms with Gasteiger partial charge in [0, 0.05) is 11.8 Å². The van der Waals surface area contributed by atoms with Crippen LogP contribution in [0.4, 0.5) is 4.39 Å². The third-order valence-corrected chi connectivity index (χ3v) is 3.09. The van der Waals surface area contributed by atoms with Crippen molar-refractivity contribution < 1.29 is 9.18 Å². The fourth-order valence-corrected chi connectivity index (χ4v) is 2.25. The lowest BCUT2D eigenvalue weighted by Gasteiger charge is -1.98.